The predicted octanol–water partition coefficient (Wildman–Crippen LogP) is 3.48. The molecule has 2 aromatic rings. The Bertz CT molecular complexity index is 606. The SMILES string of the molecule is CCC(=O)c1cc2n(n1)C(c1ccccc1)CC2F. The molecule has 2 unspecified atom stereocenters. The molecule has 0 radical (unpaired) electrons. The van der Waals surface area contributed by atoms with Gasteiger partial charge >= 0.3 is 0 Å². The van der Waals surface area contributed by atoms with E-state index in [1.54, 1.807) is 17.7 Å². The van der Waals surface area contributed by atoms with Gasteiger partial charge in [0.1, 0.15) is 11.9 Å². The van der Waals surface area contributed by atoms with E-state index in [1.807, 2.05) is 30.3 Å². The van der Waals surface area contributed by atoms with E-state index >= 15 is 0 Å². The van der Waals surface area contributed by atoms with Crippen LogP contribution >= 0.6 is 0 Å². The molecule has 0 N–H and O–H groups in total. The number of halogens is 1. The van der Waals surface area contributed by atoms with Crippen LogP contribution in [0.15, 0.2) is 36.4 Å². The lowest BCUT2D eigenvalue weighted by atomic mass is 10.0. The summed E-state index contributed by atoms with van der Waals surface area (Å²) in [5.74, 6) is -0.0408. The van der Waals surface area contributed by atoms with Crippen molar-refractivity contribution in [1.29, 1.82) is 0 Å². The number of aromatic nitrogens is 2. The molecule has 1 aromatic carbocycles. The molecular formula is C15H15FN2O. The highest BCUT2D eigenvalue weighted by Gasteiger charge is 2.34. The third-order valence-electron chi connectivity index (χ3n) is 3.60. The fourth-order valence-electron chi connectivity index (χ4n) is 2.58. The van der Waals surface area contributed by atoms with Crippen LogP contribution in [0.1, 0.15) is 53.7 Å². The molecule has 4 heteroatoms. The standard InChI is InChI=1S/C15H15FN2O/c1-2-15(19)12-9-14-11(16)8-13(18(14)17-12)10-6-4-3-5-7-10/h3-7,9,11,13H,2,8H2,1H3. The molecule has 2 heterocycles. The molecule has 98 valence electrons. The van der Waals surface area contributed by atoms with E-state index in [0.717, 1.165) is 5.56 Å². The van der Waals surface area contributed by atoms with Gasteiger partial charge in [-0.05, 0) is 11.6 Å². The molecule has 3 nitrogen and oxygen atoms in total. The van der Waals surface area contributed by atoms with E-state index in [1.165, 1.54) is 0 Å². The van der Waals surface area contributed by atoms with E-state index in [-0.39, 0.29) is 11.8 Å². The number of Topliss-reactive ketones (excluding diaryl/α,β-unsaturated/α-hetero) is 1. The Morgan fingerprint density at radius 2 is 2.16 bits per heavy atom. The van der Waals surface area contributed by atoms with Crippen LogP contribution in [0.2, 0.25) is 0 Å². The summed E-state index contributed by atoms with van der Waals surface area (Å²) in [7, 11) is 0. The average Bonchev–Trinajstić information content (AvgIpc) is 3.00. The topological polar surface area (TPSA) is 34.9 Å². The van der Waals surface area contributed by atoms with Gasteiger partial charge in [0.05, 0.1) is 11.7 Å². The minimum atomic E-state index is -1.05. The fraction of sp³-hybridized carbons (Fsp3) is 0.333. The molecule has 0 saturated heterocycles. The minimum Gasteiger partial charge on any atom is -0.292 e. The summed E-state index contributed by atoms with van der Waals surface area (Å²) in [6.07, 6.45) is -0.257. The van der Waals surface area contributed by atoms with Gasteiger partial charge in [0.25, 0.3) is 0 Å². The number of hydrogen-bond donors (Lipinski definition) is 0. The first kappa shape index (κ1) is 12.1. The second-order valence-corrected chi connectivity index (χ2v) is 4.81. The average molecular weight is 258 g/mol. The smallest absolute Gasteiger partial charge is 0.182 e. The van der Waals surface area contributed by atoms with E-state index < -0.39 is 6.17 Å². The van der Waals surface area contributed by atoms with Crippen LogP contribution in [-0.4, -0.2) is 15.6 Å². The number of carbonyl (C=O) groups excluding carboxylic acids is 1. The molecule has 2 atom stereocenters. The van der Waals surface area contributed by atoms with Gasteiger partial charge in [-0.15, -0.1) is 0 Å². The third-order valence-corrected chi connectivity index (χ3v) is 3.60. The molecule has 0 saturated carbocycles. The summed E-state index contributed by atoms with van der Waals surface area (Å²) >= 11 is 0. The molecule has 0 fully saturated rings. The van der Waals surface area contributed by atoms with Gasteiger partial charge in [-0.3, -0.25) is 9.48 Å². The van der Waals surface area contributed by atoms with Gasteiger partial charge in [-0.2, -0.15) is 5.10 Å². The largest absolute Gasteiger partial charge is 0.292 e. The Morgan fingerprint density at radius 1 is 1.42 bits per heavy atom. The van der Waals surface area contributed by atoms with Crippen molar-refractivity contribution in [3.05, 3.63) is 53.3 Å². The fourth-order valence-corrected chi connectivity index (χ4v) is 2.58. The van der Waals surface area contributed by atoms with Crippen LogP contribution < -0.4 is 0 Å². The van der Waals surface area contributed by atoms with Crippen molar-refractivity contribution in [2.24, 2.45) is 0 Å². The van der Waals surface area contributed by atoms with Crippen molar-refractivity contribution in [2.45, 2.75) is 32.0 Å². The second-order valence-electron chi connectivity index (χ2n) is 4.81. The molecule has 3 rings (SSSR count). The van der Waals surface area contributed by atoms with Crippen molar-refractivity contribution in [2.75, 3.05) is 0 Å². The quantitative estimate of drug-likeness (QED) is 0.790. The number of alkyl halides is 1. The summed E-state index contributed by atoms with van der Waals surface area (Å²) in [6, 6.07) is 11.2. The number of nitrogens with zero attached hydrogens (tertiary/aromatic N) is 2. The zero-order valence-corrected chi connectivity index (χ0v) is 10.7. The van der Waals surface area contributed by atoms with E-state index in [0.29, 0.717) is 24.2 Å². The highest BCUT2D eigenvalue weighted by atomic mass is 19.1. The van der Waals surface area contributed by atoms with Gasteiger partial charge in [-0.25, -0.2) is 4.39 Å². The van der Waals surface area contributed by atoms with Crippen LogP contribution in [0, 0.1) is 0 Å². The normalized spacial score (nSPS) is 21.4. The first-order valence-corrected chi connectivity index (χ1v) is 6.52. The van der Waals surface area contributed by atoms with Crippen molar-refractivity contribution in [3.63, 3.8) is 0 Å². The maximum Gasteiger partial charge on any atom is 0.182 e. The van der Waals surface area contributed by atoms with E-state index in [2.05, 4.69) is 5.10 Å². The first-order chi connectivity index (χ1) is 9.20. The maximum atomic E-state index is 14.1. The van der Waals surface area contributed by atoms with Crippen molar-refractivity contribution >= 4 is 5.78 Å². The second kappa shape index (κ2) is 4.61. The lowest BCUT2D eigenvalue weighted by Crippen LogP contribution is -2.09. The molecule has 19 heavy (non-hydrogen) atoms. The van der Waals surface area contributed by atoms with E-state index in [4.69, 9.17) is 0 Å². The van der Waals surface area contributed by atoms with Crippen LogP contribution in [0.3, 0.4) is 0 Å². The van der Waals surface area contributed by atoms with Crippen LogP contribution in [0.4, 0.5) is 4.39 Å². The molecule has 1 aromatic heterocycles. The van der Waals surface area contributed by atoms with Gasteiger partial charge in [-0.1, -0.05) is 37.3 Å². The van der Waals surface area contributed by atoms with Crippen LogP contribution in [0.25, 0.3) is 0 Å². The highest BCUT2D eigenvalue weighted by Crippen LogP contribution is 2.40. The van der Waals surface area contributed by atoms with Gasteiger partial charge in [0.15, 0.2) is 5.78 Å². The maximum absolute atomic E-state index is 14.1. The molecule has 0 amide bonds. The number of benzene rings is 1. The Balaban J connectivity index is 2.02. The predicted molar refractivity (Wildman–Crippen MR) is 69.9 cm³/mol. The van der Waals surface area contributed by atoms with Gasteiger partial charge in [0.2, 0.25) is 0 Å². The molecule has 0 bridgehead atoms. The Hall–Kier alpha value is -1.97. The summed E-state index contributed by atoms with van der Waals surface area (Å²) in [4.78, 5) is 11.7. The zero-order valence-electron chi connectivity index (χ0n) is 10.7. The van der Waals surface area contributed by atoms with Crippen LogP contribution in [-0.2, 0) is 0 Å². The Labute approximate surface area is 111 Å². The number of rotatable bonds is 3. The summed E-state index contributed by atoms with van der Waals surface area (Å²) in [5, 5.41) is 4.30. The van der Waals surface area contributed by atoms with Gasteiger partial charge < -0.3 is 0 Å². The third kappa shape index (κ3) is 1.97. The van der Waals surface area contributed by atoms with Crippen molar-refractivity contribution < 1.29 is 9.18 Å². The summed E-state index contributed by atoms with van der Waals surface area (Å²) < 4.78 is 15.7. The summed E-state index contributed by atoms with van der Waals surface area (Å²) in [5.41, 5.74) is 1.92. The number of hydrogen-bond acceptors (Lipinski definition) is 2. The molecule has 0 spiro atoms. The minimum absolute atomic E-state index is 0.0408. The number of ketones is 1. The lowest BCUT2D eigenvalue weighted by Gasteiger charge is -2.11. The highest BCUT2D eigenvalue weighted by molar-refractivity contribution is 5.94. The van der Waals surface area contributed by atoms with Gasteiger partial charge in [0, 0.05) is 12.8 Å². The molecule has 1 aliphatic rings. The first-order valence-electron chi connectivity index (χ1n) is 6.52. The molecular weight excluding hydrogens is 243 g/mol. The Kier molecular flexibility index (Phi) is 2.93. The van der Waals surface area contributed by atoms with E-state index in [9.17, 15) is 9.18 Å². The Morgan fingerprint density at radius 3 is 2.84 bits per heavy atom. The molecule has 1 aliphatic heterocycles. The monoisotopic (exact) mass is 258 g/mol. The summed E-state index contributed by atoms with van der Waals surface area (Å²) in [6.45, 7) is 1.79. The number of fused-ring (bicyclic) bond motifs is 1. The number of carbonyl (C=O) groups is 1. The van der Waals surface area contributed by atoms with Crippen LogP contribution in [0.5, 0.6) is 0 Å². The zero-order chi connectivity index (χ0) is 13.4. The lowest BCUT2D eigenvalue weighted by molar-refractivity contribution is 0.0982. The molecule has 0 aliphatic carbocycles. The van der Waals surface area contributed by atoms with Crippen molar-refractivity contribution in [1.82, 2.24) is 9.78 Å². The van der Waals surface area contributed by atoms with Crippen molar-refractivity contribution in [3.8, 4) is 0 Å².